The lowest BCUT2D eigenvalue weighted by Crippen LogP contribution is -2.30. The van der Waals surface area contributed by atoms with Crippen LogP contribution in [0.4, 0.5) is 4.39 Å². The molecular formula is C23H25FN4S. The molecule has 1 saturated heterocycles. The summed E-state index contributed by atoms with van der Waals surface area (Å²) in [6.45, 7) is 7.07. The van der Waals surface area contributed by atoms with Crippen LogP contribution in [0.2, 0.25) is 0 Å². The molecular weight excluding hydrogens is 383 g/mol. The van der Waals surface area contributed by atoms with Crippen LogP contribution in [0.3, 0.4) is 0 Å². The Kier molecular flexibility index (Phi) is 5.37. The third-order valence-corrected chi connectivity index (χ3v) is 5.90. The Morgan fingerprint density at radius 1 is 1.14 bits per heavy atom. The first-order valence-corrected chi connectivity index (χ1v) is 10.4. The molecule has 0 bridgehead atoms. The van der Waals surface area contributed by atoms with Crippen LogP contribution in [0.1, 0.15) is 48.1 Å². The van der Waals surface area contributed by atoms with E-state index in [9.17, 15) is 4.39 Å². The fraction of sp³-hybridized carbons (Fsp3) is 0.304. The quantitative estimate of drug-likeness (QED) is 0.602. The predicted octanol–water partition coefficient (Wildman–Crippen LogP) is 5.01. The Morgan fingerprint density at radius 3 is 2.59 bits per heavy atom. The zero-order valence-corrected chi connectivity index (χ0v) is 17.7. The molecule has 4 nitrogen and oxygen atoms in total. The summed E-state index contributed by atoms with van der Waals surface area (Å²) in [4.78, 5) is 6.82. The maximum absolute atomic E-state index is 14.5. The van der Waals surface area contributed by atoms with Crippen LogP contribution < -0.4 is 5.32 Å². The Labute approximate surface area is 176 Å². The molecule has 1 aromatic carbocycles. The molecule has 29 heavy (non-hydrogen) atoms. The Bertz CT molecular complexity index is 1030. The average Bonchev–Trinajstić information content (AvgIpc) is 3.19. The van der Waals surface area contributed by atoms with Gasteiger partial charge in [-0.15, -0.1) is 0 Å². The van der Waals surface area contributed by atoms with E-state index in [-0.39, 0.29) is 17.9 Å². The smallest absolute Gasteiger partial charge is 0.170 e. The number of aromatic nitrogens is 2. The maximum Gasteiger partial charge on any atom is 0.170 e. The second kappa shape index (κ2) is 7.95. The van der Waals surface area contributed by atoms with Crippen molar-refractivity contribution < 1.29 is 4.39 Å². The van der Waals surface area contributed by atoms with E-state index in [4.69, 9.17) is 12.2 Å². The van der Waals surface area contributed by atoms with E-state index in [0.717, 1.165) is 40.7 Å². The molecule has 4 rings (SSSR count). The largest absolute Gasteiger partial charge is 0.352 e. The summed E-state index contributed by atoms with van der Waals surface area (Å²) in [6.07, 6.45) is 2.79. The van der Waals surface area contributed by atoms with Crippen molar-refractivity contribution in [3.05, 3.63) is 83.2 Å². The molecule has 0 spiro atoms. The summed E-state index contributed by atoms with van der Waals surface area (Å²) in [6, 6.07) is 14.9. The van der Waals surface area contributed by atoms with Gasteiger partial charge in [0.2, 0.25) is 0 Å². The third-order valence-electron chi connectivity index (χ3n) is 5.54. The third kappa shape index (κ3) is 3.42. The van der Waals surface area contributed by atoms with Crippen LogP contribution >= 0.6 is 12.2 Å². The molecule has 0 radical (unpaired) electrons. The average molecular weight is 409 g/mol. The molecule has 3 heterocycles. The van der Waals surface area contributed by atoms with Gasteiger partial charge in [-0.05, 0) is 68.4 Å². The summed E-state index contributed by atoms with van der Waals surface area (Å²) in [5.41, 5.74) is 4.68. The fourth-order valence-corrected chi connectivity index (χ4v) is 4.65. The number of pyridine rings is 1. The Hall–Kier alpha value is -2.73. The van der Waals surface area contributed by atoms with Gasteiger partial charge in [0, 0.05) is 24.1 Å². The number of nitrogens with zero attached hydrogens (tertiary/aromatic N) is 3. The first kappa shape index (κ1) is 19.6. The van der Waals surface area contributed by atoms with Crippen molar-refractivity contribution in [3.8, 4) is 5.69 Å². The van der Waals surface area contributed by atoms with E-state index in [1.54, 1.807) is 6.07 Å². The van der Waals surface area contributed by atoms with E-state index in [0.29, 0.717) is 5.69 Å². The van der Waals surface area contributed by atoms with E-state index in [2.05, 4.69) is 35.1 Å². The molecule has 1 aliphatic heterocycles. The fourth-order valence-electron chi connectivity index (χ4n) is 4.32. The van der Waals surface area contributed by atoms with Gasteiger partial charge in [0.25, 0.3) is 0 Å². The Balaban J connectivity index is 1.85. The van der Waals surface area contributed by atoms with Gasteiger partial charge < -0.3 is 14.8 Å². The highest BCUT2D eigenvalue weighted by Crippen LogP contribution is 2.41. The van der Waals surface area contributed by atoms with Crippen molar-refractivity contribution in [2.45, 2.75) is 39.3 Å². The topological polar surface area (TPSA) is 33.1 Å². The summed E-state index contributed by atoms with van der Waals surface area (Å²) in [5.74, 6) is -0.229. The van der Waals surface area contributed by atoms with Crippen molar-refractivity contribution in [1.82, 2.24) is 19.8 Å². The van der Waals surface area contributed by atoms with Crippen LogP contribution in [-0.4, -0.2) is 26.1 Å². The van der Waals surface area contributed by atoms with E-state index in [1.807, 2.05) is 48.0 Å². The number of aryl methyl sites for hydroxylation is 1. The molecule has 3 aromatic rings. The minimum atomic E-state index is -0.229. The van der Waals surface area contributed by atoms with Gasteiger partial charge in [-0.3, -0.25) is 4.98 Å². The van der Waals surface area contributed by atoms with Gasteiger partial charge >= 0.3 is 0 Å². The second-order valence-corrected chi connectivity index (χ2v) is 7.82. The molecule has 2 atom stereocenters. The molecule has 6 heteroatoms. The number of thiocarbonyl (C=S) groups is 1. The molecule has 0 amide bonds. The summed E-state index contributed by atoms with van der Waals surface area (Å²) in [5, 5.41) is 4.21. The van der Waals surface area contributed by atoms with Gasteiger partial charge in [-0.25, -0.2) is 4.39 Å². The zero-order valence-electron chi connectivity index (χ0n) is 16.9. The standard InChI is InChI=1S/C23H25FN4S/c1-4-13-27-22(21(26-23(27)29)19-10-7-8-12-25-19)17-14-15(2)28(16(17)3)20-11-6-5-9-18(20)24/h5-12,14,21-22H,4,13H2,1-3H3,(H,26,29)/t21-,22-/m0/s1. The van der Waals surface area contributed by atoms with Crippen LogP contribution in [0.15, 0.2) is 54.7 Å². The highest BCUT2D eigenvalue weighted by atomic mass is 32.1. The van der Waals surface area contributed by atoms with Gasteiger partial charge in [0.05, 0.1) is 23.5 Å². The minimum absolute atomic E-state index is 0.00377. The van der Waals surface area contributed by atoms with Gasteiger partial charge in [0.15, 0.2) is 5.11 Å². The highest BCUT2D eigenvalue weighted by Gasteiger charge is 2.41. The van der Waals surface area contributed by atoms with Crippen molar-refractivity contribution in [2.75, 3.05) is 6.54 Å². The van der Waals surface area contributed by atoms with Gasteiger partial charge in [-0.2, -0.15) is 0 Å². The van der Waals surface area contributed by atoms with Crippen molar-refractivity contribution in [1.29, 1.82) is 0 Å². The first-order valence-electron chi connectivity index (χ1n) is 9.94. The van der Waals surface area contributed by atoms with Gasteiger partial charge in [-0.1, -0.05) is 25.1 Å². The number of hydrogen-bond acceptors (Lipinski definition) is 2. The lowest BCUT2D eigenvalue weighted by Gasteiger charge is -2.27. The van der Waals surface area contributed by atoms with Gasteiger partial charge in [0.1, 0.15) is 5.82 Å². The first-order chi connectivity index (χ1) is 14.0. The van der Waals surface area contributed by atoms with Crippen LogP contribution in [0.25, 0.3) is 5.69 Å². The van der Waals surface area contributed by atoms with Crippen LogP contribution in [0.5, 0.6) is 0 Å². The van der Waals surface area contributed by atoms with E-state index < -0.39 is 0 Å². The molecule has 0 unspecified atom stereocenters. The van der Waals surface area contributed by atoms with Crippen molar-refractivity contribution >= 4 is 17.3 Å². The van der Waals surface area contributed by atoms with E-state index >= 15 is 0 Å². The summed E-state index contributed by atoms with van der Waals surface area (Å²) >= 11 is 5.68. The molecule has 0 aliphatic carbocycles. The monoisotopic (exact) mass is 408 g/mol. The number of para-hydroxylation sites is 1. The molecule has 0 saturated carbocycles. The number of rotatable bonds is 5. The molecule has 150 valence electrons. The lowest BCUT2D eigenvalue weighted by atomic mass is 9.96. The molecule has 1 N–H and O–H groups in total. The number of hydrogen-bond donors (Lipinski definition) is 1. The number of halogens is 1. The number of nitrogens with one attached hydrogen (secondary N) is 1. The summed E-state index contributed by atoms with van der Waals surface area (Å²) < 4.78 is 16.5. The normalized spacial score (nSPS) is 18.9. The highest BCUT2D eigenvalue weighted by molar-refractivity contribution is 7.80. The molecule has 1 fully saturated rings. The van der Waals surface area contributed by atoms with Crippen LogP contribution in [0, 0.1) is 19.7 Å². The maximum atomic E-state index is 14.5. The van der Waals surface area contributed by atoms with Crippen LogP contribution in [-0.2, 0) is 0 Å². The Morgan fingerprint density at radius 2 is 1.90 bits per heavy atom. The minimum Gasteiger partial charge on any atom is -0.352 e. The predicted molar refractivity (Wildman–Crippen MR) is 118 cm³/mol. The van der Waals surface area contributed by atoms with E-state index in [1.165, 1.54) is 6.07 Å². The van der Waals surface area contributed by atoms with Crippen molar-refractivity contribution in [3.63, 3.8) is 0 Å². The number of benzene rings is 1. The molecule has 2 aromatic heterocycles. The SMILES string of the molecule is CCCN1C(=S)N[C@@H](c2ccccn2)[C@@H]1c1cc(C)n(-c2ccccc2F)c1C. The second-order valence-electron chi connectivity index (χ2n) is 7.43. The summed E-state index contributed by atoms with van der Waals surface area (Å²) in [7, 11) is 0. The van der Waals surface area contributed by atoms with Crippen molar-refractivity contribution in [2.24, 2.45) is 0 Å². The zero-order chi connectivity index (χ0) is 20.5. The lowest BCUT2D eigenvalue weighted by molar-refractivity contribution is 0.316. The molecule has 1 aliphatic rings.